The van der Waals surface area contributed by atoms with Crippen LogP contribution in [0.4, 0.5) is 0 Å². The van der Waals surface area contributed by atoms with E-state index in [1.54, 1.807) is 0 Å². The number of hydrogen-bond donors (Lipinski definition) is 2. The van der Waals surface area contributed by atoms with Crippen molar-refractivity contribution in [3.8, 4) is 5.88 Å². The van der Waals surface area contributed by atoms with Crippen LogP contribution in [0.1, 0.15) is 5.56 Å². The van der Waals surface area contributed by atoms with Crippen molar-refractivity contribution in [2.75, 3.05) is 12.0 Å². The van der Waals surface area contributed by atoms with Gasteiger partial charge in [-0.1, -0.05) is 0 Å². The van der Waals surface area contributed by atoms with Gasteiger partial charge in [0, 0.05) is 29.4 Å². The molecule has 1 rings (SSSR count). The highest BCUT2D eigenvalue weighted by atomic mass is 32.2. The molecule has 0 aliphatic carbocycles. The van der Waals surface area contributed by atoms with Gasteiger partial charge >= 0.3 is 5.69 Å². The molecule has 0 fully saturated rings. The molecule has 0 spiro atoms. The summed E-state index contributed by atoms with van der Waals surface area (Å²) in [5.74, 6) is -0.118. The summed E-state index contributed by atoms with van der Waals surface area (Å²) in [6.07, 6.45) is 1.50. The van der Waals surface area contributed by atoms with E-state index in [9.17, 15) is 18.9 Å². The Balaban J connectivity index is 3.19. The van der Waals surface area contributed by atoms with Crippen LogP contribution in [0.5, 0.6) is 5.88 Å². The molecule has 1 aromatic rings. The SMILES string of the molecule is Cc1c(O)n(CCS(C)=O)c(=O)[nH]c1=O. The zero-order valence-corrected chi connectivity index (χ0v) is 9.26. The lowest BCUT2D eigenvalue weighted by Gasteiger charge is -2.07. The Morgan fingerprint density at radius 1 is 1.47 bits per heavy atom. The third-order valence-electron chi connectivity index (χ3n) is 2.00. The first-order valence-electron chi connectivity index (χ1n) is 4.26. The second-order valence-corrected chi connectivity index (χ2v) is 4.69. The Bertz CT molecular complexity index is 502. The number of nitrogens with zero attached hydrogens (tertiary/aromatic N) is 1. The zero-order valence-electron chi connectivity index (χ0n) is 8.44. The van der Waals surface area contributed by atoms with E-state index in [0.29, 0.717) is 0 Å². The van der Waals surface area contributed by atoms with Crippen molar-refractivity contribution < 1.29 is 9.32 Å². The molecule has 2 N–H and O–H groups in total. The van der Waals surface area contributed by atoms with Crippen molar-refractivity contribution >= 4 is 10.8 Å². The van der Waals surface area contributed by atoms with Crippen LogP contribution in [-0.4, -0.2) is 30.9 Å². The number of aromatic nitrogens is 2. The van der Waals surface area contributed by atoms with Crippen LogP contribution in [0.15, 0.2) is 9.59 Å². The van der Waals surface area contributed by atoms with Gasteiger partial charge in [-0.2, -0.15) is 0 Å². The number of nitrogens with one attached hydrogen (secondary N) is 1. The molecule has 0 amide bonds. The molecule has 1 unspecified atom stereocenters. The summed E-state index contributed by atoms with van der Waals surface area (Å²) in [5.41, 5.74) is -1.21. The van der Waals surface area contributed by atoms with E-state index in [2.05, 4.69) is 4.98 Å². The van der Waals surface area contributed by atoms with Crippen LogP contribution in [0.2, 0.25) is 0 Å². The van der Waals surface area contributed by atoms with E-state index in [-0.39, 0.29) is 23.7 Å². The second-order valence-electron chi connectivity index (χ2n) is 3.14. The molecule has 7 heteroatoms. The highest BCUT2D eigenvalue weighted by Gasteiger charge is 2.09. The average molecular weight is 232 g/mol. The number of aromatic amines is 1. The van der Waals surface area contributed by atoms with Gasteiger partial charge in [0.2, 0.25) is 5.88 Å². The van der Waals surface area contributed by atoms with Gasteiger partial charge in [-0.15, -0.1) is 0 Å². The summed E-state index contributed by atoms with van der Waals surface area (Å²) in [6, 6.07) is 0. The van der Waals surface area contributed by atoms with Gasteiger partial charge in [0.15, 0.2) is 0 Å². The molecular formula is C8H12N2O4S. The van der Waals surface area contributed by atoms with E-state index < -0.39 is 22.0 Å². The molecule has 84 valence electrons. The highest BCUT2D eigenvalue weighted by Crippen LogP contribution is 2.07. The first-order chi connectivity index (χ1) is 6.93. The van der Waals surface area contributed by atoms with Gasteiger partial charge in [0.1, 0.15) is 0 Å². The molecule has 0 aliphatic heterocycles. The van der Waals surface area contributed by atoms with Gasteiger partial charge in [-0.05, 0) is 6.92 Å². The smallest absolute Gasteiger partial charge is 0.331 e. The molecule has 0 radical (unpaired) electrons. The molecule has 6 nitrogen and oxygen atoms in total. The minimum atomic E-state index is -1.06. The Hall–Kier alpha value is -1.37. The van der Waals surface area contributed by atoms with E-state index in [4.69, 9.17) is 0 Å². The monoisotopic (exact) mass is 232 g/mol. The molecule has 0 bridgehead atoms. The Morgan fingerprint density at radius 2 is 2.07 bits per heavy atom. The maximum Gasteiger partial charge on any atom is 0.331 e. The fourth-order valence-electron chi connectivity index (χ4n) is 1.09. The number of H-pyrrole nitrogens is 1. The standard InChI is InChI=1S/C8H12N2O4S/c1-5-6(11)9-8(13)10(7(5)12)3-4-15(2)14/h12H,3-4H2,1-2H3,(H,9,11,13). The van der Waals surface area contributed by atoms with Crippen molar-refractivity contribution in [2.45, 2.75) is 13.5 Å². The molecule has 0 saturated heterocycles. The van der Waals surface area contributed by atoms with Crippen LogP contribution in [0, 0.1) is 6.92 Å². The first kappa shape index (κ1) is 11.7. The number of rotatable bonds is 3. The maximum atomic E-state index is 11.3. The molecule has 0 aromatic carbocycles. The summed E-state index contributed by atoms with van der Waals surface area (Å²) in [7, 11) is -1.06. The van der Waals surface area contributed by atoms with Gasteiger partial charge in [-0.25, -0.2) is 4.79 Å². The van der Waals surface area contributed by atoms with E-state index in [1.807, 2.05) is 0 Å². The summed E-state index contributed by atoms with van der Waals surface area (Å²) in [5, 5.41) is 9.52. The van der Waals surface area contributed by atoms with Crippen LogP contribution >= 0.6 is 0 Å². The molecule has 1 heterocycles. The lowest BCUT2D eigenvalue weighted by molar-refractivity contribution is 0.401. The summed E-state index contributed by atoms with van der Waals surface area (Å²) in [6.45, 7) is 1.53. The molecule has 1 aromatic heterocycles. The minimum absolute atomic E-state index is 0.0801. The first-order valence-corrected chi connectivity index (χ1v) is 5.99. The molecule has 0 saturated carbocycles. The zero-order chi connectivity index (χ0) is 11.6. The van der Waals surface area contributed by atoms with Crippen molar-refractivity contribution in [2.24, 2.45) is 0 Å². The quantitative estimate of drug-likeness (QED) is 0.694. The largest absolute Gasteiger partial charge is 0.494 e. The van der Waals surface area contributed by atoms with Crippen molar-refractivity contribution in [1.82, 2.24) is 9.55 Å². The Labute approximate surface area is 88.0 Å². The second kappa shape index (κ2) is 4.43. The van der Waals surface area contributed by atoms with Gasteiger partial charge < -0.3 is 5.11 Å². The number of aromatic hydroxyl groups is 1. The predicted octanol–water partition coefficient (Wildman–Crippen LogP) is -1.07. The fraction of sp³-hybridized carbons (Fsp3) is 0.500. The van der Waals surface area contributed by atoms with Crippen LogP contribution < -0.4 is 11.2 Å². The van der Waals surface area contributed by atoms with Crippen LogP contribution in [-0.2, 0) is 17.3 Å². The molecule has 0 aliphatic rings. The summed E-state index contributed by atoms with van der Waals surface area (Å²) < 4.78 is 11.8. The highest BCUT2D eigenvalue weighted by molar-refractivity contribution is 7.84. The van der Waals surface area contributed by atoms with E-state index >= 15 is 0 Å². The third-order valence-corrected chi connectivity index (χ3v) is 2.76. The topological polar surface area (TPSA) is 92.2 Å². The predicted molar refractivity (Wildman–Crippen MR) is 56.7 cm³/mol. The summed E-state index contributed by atoms with van der Waals surface area (Å²) in [4.78, 5) is 24.4. The fourth-order valence-corrected chi connectivity index (χ4v) is 1.53. The van der Waals surface area contributed by atoms with Crippen LogP contribution in [0.3, 0.4) is 0 Å². The van der Waals surface area contributed by atoms with Crippen molar-refractivity contribution in [3.63, 3.8) is 0 Å². The minimum Gasteiger partial charge on any atom is -0.494 e. The average Bonchev–Trinajstić information content (AvgIpc) is 2.14. The third kappa shape index (κ3) is 2.56. The normalized spacial score (nSPS) is 12.7. The van der Waals surface area contributed by atoms with Crippen LogP contribution in [0.25, 0.3) is 0 Å². The number of hydrogen-bond acceptors (Lipinski definition) is 4. The lowest BCUT2D eigenvalue weighted by atomic mass is 10.3. The van der Waals surface area contributed by atoms with Crippen molar-refractivity contribution in [1.29, 1.82) is 0 Å². The Kier molecular flexibility index (Phi) is 3.46. The van der Waals surface area contributed by atoms with Gasteiger partial charge in [-0.3, -0.25) is 18.6 Å². The van der Waals surface area contributed by atoms with Gasteiger partial charge in [0.05, 0.1) is 5.56 Å². The summed E-state index contributed by atoms with van der Waals surface area (Å²) >= 11 is 0. The Morgan fingerprint density at radius 3 is 2.60 bits per heavy atom. The molecule has 1 atom stereocenters. The van der Waals surface area contributed by atoms with Crippen molar-refractivity contribution in [3.05, 3.63) is 26.4 Å². The molecule has 15 heavy (non-hydrogen) atoms. The van der Waals surface area contributed by atoms with Gasteiger partial charge in [0.25, 0.3) is 5.56 Å². The van der Waals surface area contributed by atoms with E-state index in [0.717, 1.165) is 4.57 Å². The van der Waals surface area contributed by atoms with E-state index in [1.165, 1.54) is 13.2 Å². The maximum absolute atomic E-state index is 11.3. The molecular weight excluding hydrogens is 220 g/mol. The lowest BCUT2D eigenvalue weighted by Crippen LogP contribution is -2.32.